The molecular formula is C12H22F3NO3S. The monoisotopic (exact) mass is 317 g/mol. The smallest absolute Gasteiger partial charge is 0.274 e. The van der Waals surface area contributed by atoms with E-state index in [1.165, 1.54) is 0 Å². The fourth-order valence-corrected chi connectivity index (χ4v) is 2.37. The van der Waals surface area contributed by atoms with Crippen molar-refractivity contribution in [3.05, 3.63) is 0 Å². The highest BCUT2D eigenvalue weighted by molar-refractivity contribution is 7.90. The number of nitrogens with one attached hydrogen (secondary N) is 1. The van der Waals surface area contributed by atoms with Crippen molar-refractivity contribution in [3.8, 4) is 0 Å². The quantitative estimate of drug-likeness (QED) is 0.748. The third-order valence-electron chi connectivity index (χ3n) is 3.17. The third-order valence-corrected chi connectivity index (χ3v) is 4.27. The lowest BCUT2D eigenvalue weighted by atomic mass is 9.87. The summed E-state index contributed by atoms with van der Waals surface area (Å²) in [5.41, 5.74) is -5.46. The lowest BCUT2D eigenvalue weighted by molar-refractivity contribution is -0.120. The molecule has 0 spiro atoms. The Labute approximate surface area is 118 Å². The van der Waals surface area contributed by atoms with E-state index >= 15 is 0 Å². The van der Waals surface area contributed by atoms with Crippen LogP contribution in [0.5, 0.6) is 0 Å². The van der Waals surface area contributed by atoms with Gasteiger partial charge in [-0.1, -0.05) is 40.0 Å². The molecule has 8 heteroatoms. The predicted molar refractivity (Wildman–Crippen MR) is 70.2 cm³/mol. The molecule has 0 aliphatic carbocycles. The first kappa shape index (κ1) is 19.2. The Bertz CT molecular complexity index is 405. The van der Waals surface area contributed by atoms with Gasteiger partial charge in [-0.2, -0.15) is 21.6 Å². The first-order chi connectivity index (χ1) is 9.01. The van der Waals surface area contributed by atoms with E-state index in [0.717, 1.165) is 24.0 Å². The van der Waals surface area contributed by atoms with Crippen molar-refractivity contribution in [2.24, 2.45) is 11.8 Å². The van der Waals surface area contributed by atoms with Crippen LogP contribution in [0, 0.1) is 11.8 Å². The van der Waals surface area contributed by atoms with Crippen molar-refractivity contribution in [3.63, 3.8) is 0 Å². The van der Waals surface area contributed by atoms with Gasteiger partial charge in [0.1, 0.15) is 0 Å². The molecule has 0 aromatic carbocycles. The normalized spacial score (nSPS) is 14.3. The van der Waals surface area contributed by atoms with Crippen LogP contribution in [-0.2, 0) is 14.8 Å². The van der Waals surface area contributed by atoms with E-state index in [9.17, 15) is 26.4 Å². The average molecular weight is 317 g/mol. The van der Waals surface area contributed by atoms with Crippen LogP contribution in [0.1, 0.15) is 52.9 Å². The lowest BCUT2D eigenvalue weighted by Gasteiger charge is -2.20. The highest BCUT2D eigenvalue weighted by Crippen LogP contribution is 2.24. The Morgan fingerprint density at radius 2 is 1.75 bits per heavy atom. The molecule has 0 radical (unpaired) electrons. The first-order valence-corrected chi connectivity index (χ1v) is 8.11. The Hall–Kier alpha value is -0.790. The van der Waals surface area contributed by atoms with Gasteiger partial charge in [0, 0.05) is 6.42 Å². The number of hydrogen-bond acceptors (Lipinski definition) is 3. The average Bonchev–Trinajstić information content (AvgIpc) is 2.26. The summed E-state index contributed by atoms with van der Waals surface area (Å²) in [6.07, 6.45) is 3.02. The molecule has 0 saturated carbocycles. The van der Waals surface area contributed by atoms with Crippen molar-refractivity contribution in [1.29, 1.82) is 0 Å². The Morgan fingerprint density at radius 1 is 1.20 bits per heavy atom. The zero-order valence-electron chi connectivity index (χ0n) is 12.0. The van der Waals surface area contributed by atoms with Crippen LogP contribution in [-0.4, -0.2) is 19.8 Å². The molecule has 0 aromatic rings. The second kappa shape index (κ2) is 7.85. The van der Waals surface area contributed by atoms with Crippen LogP contribution in [0.3, 0.4) is 0 Å². The van der Waals surface area contributed by atoms with Crippen molar-refractivity contribution < 1.29 is 26.4 Å². The molecule has 0 fully saturated rings. The van der Waals surface area contributed by atoms with E-state index in [1.807, 2.05) is 20.8 Å². The summed E-state index contributed by atoms with van der Waals surface area (Å²) in [5, 5.41) is 0. The molecule has 120 valence electrons. The zero-order valence-corrected chi connectivity index (χ0v) is 12.8. The number of carbonyl (C=O) groups excluding carboxylic acids is 1. The molecule has 0 aliphatic rings. The van der Waals surface area contributed by atoms with Gasteiger partial charge in [0.2, 0.25) is 5.91 Å². The second-order valence-corrected chi connectivity index (χ2v) is 6.83. The highest BCUT2D eigenvalue weighted by Gasteiger charge is 2.46. The van der Waals surface area contributed by atoms with Gasteiger partial charge >= 0.3 is 15.5 Å². The molecule has 0 aromatic heterocycles. The largest absolute Gasteiger partial charge is 0.516 e. The third kappa shape index (κ3) is 6.58. The minimum Gasteiger partial charge on any atom is -0.274 e. The van der Waals surface area contributed by atoms with E-state index in [-0.39, 0.29) is 12.3 Å². The van der Waals surface area contributed by atoms with Gasteiger partial charge < -0.3 is 0 Å². The lowest BCUT2D eigenvalue weighted by Crippen LogP contribution is -2.40. The van der Waals surface area contributed by atoms with Gasteiger partial charge in [-0.3, -0.25) is 4.79 Å². The van der Waals surface area contributed by atoms with Crippen molar-refractivity contribution in [2.45, 2.75) is 58.4 Å². The summed E-state index contributed by atoms with van der Waals surface area (Å²) in [4.78, 5) is 11.3. The van der Waals surface area contributed by atoms with Crippen LogP contribution in [0.25, 0.3) is 0 Å². The molecule has 4 nitrogen and oxygen atoms in total. The number of hydrogen-bond donors (Lipinski definition) is 1. The summed E-state index contributed by atoms with van der Waals surface area (Å²) in [6.45, 7) is 5.98. The maximum Gasteiger partial charge on any atom is 0.516 e. The van der Waals surface area contributed by atoms with E-state index in [2.05, 4.69) is 0 Å². The summed E-state index contributed by atoms with van der Waals surface area (Å²) < 4.78 is 58.8. The van der Waals surface area contributed by atoms with Crippen molar-refractivity contribution in [1.82, 2.24) is 4.72 Å². The number of rotatable bonds is 8. The number of carbonyl (C=O) groups is 1. The van der Waals surface area contributed by atoms with Gasteiger partial charge in [0.15, 0.2) is 0 Å². The minimum absolute atomic E-state index is 0.203. The maximum atomic E-state index is 12.1. The van der Waals surface area contributed by atoms with E-state index in [1.54, 1.807) is 0 Å². The van der Waals surface area contributed by atoms with E-state index in [4.69, 9.17) is 0 Å². The number of amides is 1. The summed E-state index contributed by atoms with van der Waals surface area (Å²) in [5.74, 6) is -0.604. The fourth-order valence-electron chi connectivity index (χ4n) is 1.85. The standard InChI is InChI=1S/C12H22F3NO3S/c1-4-5-6-10(9(2)3)7-8-11(17)16-20(18,19)12(13,14)15/h9-10H,4-8H2,1-3H3,(H,16,17). The summed E-state index contributed by atoms with van der Waals surface area (Å²) in [7, 11) is -5.58. The molecular weight excluding hydrogens is 295 g/mol. The summed E-state index contributed by atoms with van der Waals surface area (Å²) >= 11 is 0. The number of alkyl halides is 3. The van der Waals surface area contributed by atoms with Crippen LogP contribution < -0.4 is 4.72 Å². The number of unbranched alkanes of at least 4 members (excludes halogenated alkanes) is 1. The van der Waals surface area contributed by atoms with Crippen LogP contribution in [0.4, 0.5) is 13.2 Å². The molecule has 0 saturated heterocycles. The predicted octanol–water partition coefficient (Wildman–Crippen LogP) is 3.19. The molecule has 0 rings (SSSR count). The van der Waals surface area contributed by atoms with Crippen molar-refractivity contribution in [2.75, 3.05) is 0 Å². The molecule has 1 amide bonds. The SMILES string of the molecule is CCCCC(CCC(=O)NS(=O)(=O)C(F)(F)F)C(C)C. The summed E-state index contributed by atoms with van der Waals surface area (Å²) in [6, 6.07) is 0. The molecule has 0 heterocycles. The maximum absolute atomic E-state index is 12.1. The van der Waals surface area contributed by atoms with Crippen molar-refractivity contribution >= 4 is 15.9 Å². The minimum atomic E-state index is -5.58. The van der Waals surface area contributed by atoms with Crippen LogP contribution in [0.2, 0.25) is 0 Å². The van der Waals surface area contributed by atoms with Gasteiger partial charge in [-0.25, -0.2) is 4.72 Å². The van der Waals surface area contributed by atoms with Crippen LogP contribution in [0.15, 0.2) is 0 Å². The van der Waals surface area contributed by atoms with Gasteiger partial charge in [0.25, 0.3) is 0 Å². The molecule has 0 aliphatic heterocycles. The van der Waals surface area contributed by atoms with Crippen LogP contribution >= 0.6 is 0 Å². The molecule has 1 atom stereocenters. The molecule has 0 bridgehead atoms. The Morgan fingerprint density at radius 3 is 2.15 bits per heavy atom. The Kier molecular flexibility index (Phi) is 7.54. The van der Waals surface area contributed by atoms with Gasteiger partial charge in [-0.15, -0.1) is 0 Å². The van der Waals surface area contributed by atoms with E-state index < -0.39 is 21.4 Å². The van der Waals surface area contributed by atoms with Gasteiger partial charge in [0.05, 0.1) is 0 Å². The van der Waals surface area contributed by atoms with E-state index in [0.29, 0.717) is 12.3 Å². The number of sulfonamides is 1. The Balaban J connectivity index is 4.41. The molecule has 1 N–H and O–H groups in total. The van der Waals surface area contributed by atoms with Gasteiger partial charge in [-0.05, 0) is 18.3 Å². The zero-order chi connectivity index (χ0) is 16.0. The fraction of sp³-hybridized carbons (Fsp3) is 0.917. The topological polar surface area (TPSA) is 63.2 Å². The second-order valence-electron chi connectivity index (χ2n) is 5.16. The molecule has 20 heavy (non-hydrogen) atoms. The first-order valence-electron chi connectivity index (χ1n) is 6.63. The highest BCUT2D eigenvalue weighted by atomic mass is 32.2. The molecule has 1 unspecified atom stereocenters. The number of halogens is 3.